The zero-order valence-corrected chi connectivity index (χ0v) is 22.0. The Bertz CT molecular complexity index is 1170. The Morgan fingerprint density at radius 2 is 1.76 bits per heavy atom. The lowest BCUT2D eigenvalue weighted by atomic mass is 9.91. The summed E-state index contributed by atoms with van der Waals surface area (Å²) in [6.07, 6.45) is 3.75. The first kappa shape index (κ1) is 26.9. The number of hydrogen-bond donors (Lipinski definition) is 4. The van der Waals surface area contributed by atoms with Crippen molar-refractivity contribution < 1.29 is 31.9 Å². The Morgan fingerprint density at radius 3 is 2.39 bits per heavy atom. The molecule has 2 saturated carbocycles. The minimum Gasteiger partial charge on any atom is -0.395 e. The van der Waals surface area contributed by atoms with E-state index < -0.39 is 46.4 Å². The molecule has 2 aliphatic carbocycles. The normalized spacial score (nSPS) is 24.8. The molecule has 1 aromatic carbocycles. The third-order valence-electron chi connectivity index (χ3n) is 8.33. The standard InChI is InChI=1S/C25H35F2N5O5S/c26-25(27)3-1-19(2-4-25)32-16-21(29-23(32)35)28-22(34)17-13-18(30-38(36,37)12-11-33)15-20(14-17)31-9-7-24(5-6-24)8-10-31/h13-15,19,21,30,33H,1-12,16H2,(H,28,34)(H,29,35). The van der Waals surface area contributed by atoms with Crippen molar-refractivity contribution in [3.8, 4) is 0 Å². The van der Waals surface area contributed by atoms with Crippen LogP contribution in [0.5, 0.6) is 0 Å². The lowest BCUT2D eigenvalue weighted by molar-refractivity contribution is -0.0484. The van der Waals surface area contributed by atoms with E-state index in [2.05, 4.69) is 20.3 Å². The molecule has 10 nitrogen and oxygen atoms in total. The van der Waals surface area contributed by atoms with Crippen molar-refractivity contribution in [3.63, 3.8) is 0 Å². The molecule has 4 fully saturated rings. The number of sulfonamides is 1. The first-order valence-electron chi connectivity index (χ1n) is 13.2. The maximum atomic E-state index is 13.6. The highest BCUT2D eigenvalue weighted by atomic mass is 32.2. The molecule has 0 aromatic heterocycles. The summed E-state index contributed by atoms with van der Waals surface area (Å²) in [5.74, 6) is -3.66. The van der Waals surface area contributed by atoms with Crippen molar-refractivity contribution in [2.24, 2.45) is 5.41 Å². The number of nitrogens with zero attached hydrogens (tertiary/aromatic N) is 2. The van der Waals surface area contributed by atoms with Crippen LogP contribution in [-0.4, -0.2) is 80.5 Å². The highest BCUT2D eigenvalue weighted by Crippen LogP contribution is 2.54. The van der Waals surface area contributed by atoms with E-state index in [4.69, 9.17) is 5.11 Å². The molecule has 5 rings (SSSR count). The Balaban J connectivity index is 1.29. The van der Waals surface area contributed by atoms with Crippen LogP contribution in [-0.2, 0) is 10.0 Å². The predicted octanol–water partition coefficient (Wildman–Crippen LogP) is 2.46. The molecular formula is C25H35F2N5O5S. The van der Waals surface area contributed by atoms with Gasteiger partial charge in [0.2, 0.25) is 15.9 Å². The van der Waals surface area contributed by atoms with Crippen LogP contribution in [0.15, 0.2) is 18.2 Å². The van der Waals surface area contributed by atoms with E-state index in [1.807, 2.05) is 0 Å². The van der Waals surface area contributed by atoms with Crippen molar-refractivity contribution in [3.05, 3.63) is 23.8 Å². The Labute approximate surface area is 221 Å². The van der Waals surface area contributed by atoms with Gasteiger partial charge in [-0.15, -0.1) is 0 Å². The van der Waals surface area contributed by atoms with Gasteiger partial charge in [-0.05, 0) is 62.1 Å². The lowest BCUT2D eigenvalue weighted by Crippen LogP contribution is -2.44. The smallest absolute Gasteiger partial charge is 0.319 e. The molecule has 2 heterocycles. The quantitative estimate of drug-likeness (QED) is 0.390. The topological polar surface area (TPSA) is 131 Å². The van der Waals surface area contributed by atoms with Crippen molar-refractivity contribution in [2.75, 3.05) is 41.6 Å². The van der Waals surface area contributed by atoms with Crippen molar-refractivity contribution >= 4 is 33.3 Å². The molecule has 13 heteroatoms. The first-order valence-corrected chi connectivity index (χ1v) is 14.9. The average Bonchev–Trinajstić information content (AvgIpc) is 3.50. The molecule has 38 heavy (non-hydrogen) atoms. The molecule has 3 amide bonds. The van der Waals surface area contributed by atoms with Crippen molar-refractivity contribution in [1.29, 1.82) is 0 Å². The zero-order valence-electron chi connectivity index (χ0n) is 21.2. The summed E-state index contributed by atoms with van der Waals surface area (Å²) in [6.45, 7) is 1.24. The number of piperidine rings is 1. The Hall–Kier alpha value is -2.67. The third-order valence-corrected chi connectivity index (χ3v) is 9.60. The second-order valence-corrected chi connectivity index (χ2v) is 13.0. The number of carbonyl (C=O) groups is 2. The van der Waals surface area contributed by atoms with Gasteiger partial charge in [-0.25, -0.2) is 22.0 Å². The second kappa shape index (κ2) is 10.1. The SMILES string of the molecule is O=C(NC1CN(C2CCC(F)(F)CC2)C(=O)N1)c1cc(NS(=O)(=O)CCO)cc(N2CCC3(CC2)CC3)c1. The van der Waals surface area contributed by atoms with E-state index in [1.165, 1.54) is 23.8 Å². The number of hydrogen-bond acceptors (Lipinski definition) is 6. The summed E-state index contributed by atoms with van der Waals surface area (Å²) in [4.78, 5) is 29.4. The minimum atomic E-state index is -3.81. The lowest BCUT2D eigenvalue weighted by Gasteiger charge is -2.34. The van der Waals surface area contributed by atoms with Crippen LogP contribution in [0.4, 0.5) is 25.0 Å². The highest BCUT2D eigenvalue weighted by molar-refractivity contribution is 7.92. The molecule has 2 aliphatic heterocycles. The van der Waals surface area contributed by atoms with Crippen LogP contribution in [0.3, 0.4) is 0 Å². The fourth-order valence-corrected chi connectivity index (χ4v) is 6.60. The van der Waals surface area contributed by atoms with Gasteiger partial charge in [0, 0.05) is 43.2 Å². The van der Waals surface area contributed by atoms with E-state index in [1.54, 1.807) is 12.1 Å². The molecule has 1 aromatic rings. The van der Waals surface area contributed by atoms with Gasteiger partial charge < -0.3 is 25.5 Å². The number of aliphatic hydroxyl groups excluding tert-OH is 1. The summed E-state index contributed by atoms with van der Waals surface area (Å²) in [6, 6.07) is 4.12. The number of aliphatic hydroxyl groups is 1. The number of anilines is 2. The first-order chi connectivity index (χ1) is 18.0. The monoisotopic (exact) mass is 555 g/mol. The van der Waals surface area contributed by atoms with E-state index >= 15 is 0 Å². The van der Waals surface area contributed by atoms with Crippen LogP contribution < -0.4 is 20.3 Å². The molecule has 0 bridgehead atoms. The van der Waals surface area contributed by atoms with E-state index in [0.29, 0.717) is 5.41 Å². The number of benzene rings is 1. The zero-order chi connectivity index (χ0) is 27.1. The number of urea groups is 1. The van der Waals surface area contributed by atoms with Crippen LogP contribution in [0.25, 0.3) is 0 Å². The number of rotatable bonds is 8. The van der Waals surface area contributed by atoms with Gasteiger partial charge in [0.1, 0.15) is 6.17 Å². The van der Waals surface area contributed by atoms with E-state index in [0.717, 1.165) is 31.6 Å². The highest BCUT2D eigenvalue weighted by Gasteiger charge is 2.44. The average molecular weight is 556 g/mol. The minimum absolute atomic E-state index is 0.157. The van der Waals surface area contributed by atoms with Crippen LogP contribution in [0.2, 0.25) is 0 Å². The number of carbonyl (C=O) groups excluding carboxylic acids is 2. The molecule has 4 N–H and O–H groups in total. The summed E-state index contributed by atoms with van der Waals surface area (Å²) < 4.78 is 54.2. The second-order valence-electron chi connectivity index (χ2n) is 11.1. The Morgan fingerprint density at radius 1 is 1.08 bits per heavy atom. The van der Waals surface area contributed by atoms with Gasteiger partial charge in [-0.2, -0.15) is 0 Å². The molecule has 4 aliphatic rings. The molecule has 1 unspecified atom stereocenters. The molecule has 1 spiro atoms. The largest absolute Gasteiger partial charge is 0.395 e. The summed E-state index contributed by atoms with van der Waals surface area (Å²) in [7, 11) is -3.81. The number of amides is 3. The maximum Gasteiger partial charge on any atom is 0.319 e. The van der Waals surface area contributed by atoms with Crippen molar-refractivity contribution in [1.82, 2.24) is 15.5 Å². The maximum absolute atomic E-state index is 13.6. The molecule has 1 atom stereocenters. The number of nitrogens with one attached hydrogen (secondary N) is 3. The summed E-state index contributed by atoms with van der Waals surface area (Å²) in [5.41, 5.74) is 1.60. The summed E-state index contributed by atoms with van der Waals surface area (Å²) >= 11 is 0. The van der Waals surface area contributed by atoms with Gasteiger partial charge in [0.15, 0.2) is 0 Å². The van der Waals surface area contributed by atoms with Crippen LogP contribution in [0.1, 0.15) is 61.7 Å². The summed E-state index contributed by atoms with van der Waals surface area (Å²) in [5, 5.41) is 14.6. The third kappa shape index (κ3) is 6.14. The van der Waals surface area contributed by atoms with Gasteiger partial charge in [-0.3, -0.25) is 9.52 Å². The van der Waals surface area contributed by atoms with Crippen LogP contribution in [0, 0.1) is 5.41 Å². The van der Waals surface area contributed by atoms with Gasteiger partial charge in [0.05, 0.1) is 24.6 Å². The van der Waals surface area contributed by atoms with Gasteiger partial charge >= 0.3 is 6.03 Å². The molecule has 0 radical (unpaired) electrons. The van der Waals surface area contributed by atoms with Crippen molar-refractivity contribution in [2.45, 2.75) is 69.5 Å². The molecule has 210 valence electrons. The fraction of sp³-hybridized carbons (Fsp3) is 0.680. The Kier molecular flexibility index (Phi) is 7.18. The van der Waals surface area contributed by atoms with Gasteiger partial charge in [0.25, 0.3) is 5.91 Å². The number of halogens is 2. The predicted molar refractivity (Wildman–Crippen MR) is 138 cm³/mol. The fourth-order valence-electron chi connectivity index (χ4n) is 5.78. The molecule has 2 saturated heterocycles. The molecular weight excluding hydrogens is 520 g/mol. The van der Waals surface area contributed by atoms with Crippen LogP contribution >= 0.6 is 0 Å². The van der Waals surface area contributed by atoms with E-state index in [-0.39, 0.29) is 49.5 Å². The number of alkyl halides is 2. The van der Waals surface area contributed by atoms with E-state index in [9.17, 15) is 26.8 Å². The van der Waals surface area contributed by atoms with Gasteiger partial charge in [-0.1, -0.05) is 0 Å².